The van der Waals surface area contributed by atoms with E-state index in [-0.39, 0.29) is 92.0 Å². The van der Waals surface area contributed by atoms with Crippen LogP contribution in [0.2, 0.25) is 0 Å². The van der Waals surface area contributed by atoms with Gasteiger partial charge in [0.25, 0.3) is 27.8 Å². The molecular weight excluding hydrogens is 1840 g/mol. The van der Waals surface area contributed by atoms with Crippen molar-refractivity contribution < 1.29 is 52.8 Å². The smallest absolute Gasteiger partial charge is 0.327 e. The molecule has 0 aliphatic heterocycles. The van der Waals surface area contributed by atoms with Crippen molar-refractivity contribution >= 4 is 138 Å². The molecule has 740 valence electrons. The molecule has 20 aromatic rings. The molecule has 0 saturated heterocycles. The van der Waals surface area contributed by atoms with Crippen LogP contribution < -0.4 is 32.5 Å². The molecule has 10 aromatic carbocycles. The quantitative estimate of drug-likeness (QED) is 0.0353. The minimum absolute atomic E-state index is 0.0923. The highest BCUT2D eigenvalue weighted by Gasteiger charge is 2.26. The van der Waals surface area contributed by atoms with Crippen molar-refractivity contribution in [1.29, 1.82) is 0 Å². The second-order valence-corrected chi connectivity index (χ2v) is 37.4. The van der Waals surface area contributed by atoms with Crippen LogP contribution in [-0.2, 0) is 129 Å². The number of aliphatic carboxylic acids is 1. The van der Waals surface area contributed by atoms with Gasteiger partial charge in [-0.15, -0.1) is 0 Å². The summed E-state index contributed by atoms with van der Waals surface area (Å²) < 4.78 is 38.6. The molecule has 0 fully saturated rings. The number of carboxylic acids is 1. The van der Waals surface area contributed by atoms with E-state index in [1.807, 2.05) is 245 Å². The van der Waals surface area contributed by atoms with E-state index in [0.717, 1.165) is 132 Å². The van der Waals surface area contributed by atoms with E-state index in [9.17, 15) is 47.9 Å². The number of ether oxygens (including phenoxy) is 5. The van der Waals surface area contributed by atoms with Crippen LogP contribution in [0.4, 0.5) is 0 Å². The predicted octanol–water partition coefficient (Wildman–Crippen LogP) is 17.4. The molecule has 0 saturated carbocycles. The molecule has 0 aliphatic carbocycles. The van der Waals surface area contributed by atoms with Crippen molar-refractivity contribution in [3.05, 3.63) is 375 Å². The Balaban J connectivity index is 0.000000130. The molecule has 0 unspecified atom stereocenters. The number of fused-ring (bicyclic) bond motifs is 10. The molecule has 0 bridgehead atoms. The number of aromatic amines is 2. The van der Waals surface area contributed by atoms with Crippen molar-refractivity contribution in [3.8, 4) is 5.75 Å². The summed E-state index contributed by atoms with van der Waals surface area (Å²) >= 11 is 0. The zero-order valence-corrected chi connectivity index (χ0v) is 83.1. The Bertz CT molecular complexity index is 8670. The lowest BCUT2D eigenvalue weighted by atomic mass is 10.0. The van der Waals surface area contributed by atoms with Gasteiger partial charge in [-0.05, 0) is 168 Å². The molecule has 0 atom stereocenters. The maximum absolute atomic E-state index is 13.0. The van der Waals surface area contributed by atoms with Crippen molar-refractivity contribution in [2.75, 3.05) is 20.3 Å². The monoisotopic (exact) mass is 1950 g/mol. The second kappa shape index (κ2) is 43.9. The number of carbonyl (C=O) groups excluding carboxylic acids is 4. The van der Waals surface area contributed by atoms with Crippen molar-refractivity contribution in [2.45, 2.75) is 151 Å². The summed E-state index contributed by atoms with van der Waals surface area (Å²) in [6.45, 7) is 16.5. The van der Waals surface area contributed by atoms with Gasteiger partial charge in [0.2, 0.25) is 0 Å². The third kappa shape index (κ3) is 23.2. The van der Waals surface area contributed by atoms with Gasteiger partial charge in [-0.3, -0.25) is 47.9 Å². The number of benzene rings is 10. The molecule has 0 radical (unpaired) electrons. The summed E-state index contributed by atoms with van der Waals surface area (Å²) in [7, 11) is 7.66. The van der Waals surface area contributed by atoms with E-state index >= 15 is 0 Å². The number of aryl methyl sites for hydroxylation is 6. The van der Waals surface area contributed by atoms with Crippen LogP contribution in [0.1, 0.15) is 130 Å². The van der Waals surface area contributed by atoms with Crippen LogP contribution in [-0.4, -0.2) is 139 Å². The van der Waals surface area contributed by atoms with E-state index in [2.05, 4.69) is 111 Å². The molecule has 20 rings (SSSR count). The lowest BCUT2D eigenvalue weighted by molar-refractivity contribution is -0.156. The summed E-state index contributed by atoms with van der Waals surface area (Å²) in [5.74, 6) is -1.96. The Morgan fingerprint density at radius 2 is 0.648 bits per heavy atom. The Labute approximate surface area is 832 Å². The summed E-state index contributed by atoms with van der Waals surface area (Å²) in [6, 6.07) is 73.4. The Kier molecular flexibility index (Phi) is 30.5. The number of aromatic nitrogens is 15. The fraction of sp³-hybridized carbons (Fsp3) is 0.254. The zero-order valence-electron chi connectivity index (χ0n) is 83.1. The third-order valence-corrected chi connectivity index (χ3v) is 24.8. The number of rotatable bonds is 25. The Hall–Kier alpha value is -17.3. The summed E-state index contributed by atoms with van der Waals surface area (Å²) in [5.41, 5.74) is 13.5. The molecule has 0 amide bonds. The number of esters is 4. The highest BCUT2D eigenvalue weighted by Crippen LogP contribution is 2.33. The largest absolute Gasteiger partial charge is 0.497 e. The van der Waals surface area contributed by atoms with Gasteiger partial charge in [0.15, 0.2) is 0 Å². The van der Waals surface area contributed by atoms with Crippen molar-refractivity contribution in [2.24, 2.45) is 21.1 Å². The van der Waals surface area contributed by atoms with E-state index < -0.39 is 35.7 Å². The average Bonchev–Trinajstić information content (AvgIpc) is 1.76. The third-order valence-electron chi connectivity index (χ3n) is 24.8. The van der Waals surface area contributed by atoms with Gasteiger partial charge in [0.05, 0.1) is 102 Å². The fourth-order valence-corrected chi connectivity index (χ4v) is 18.4. The molecule has 3 N–H and O–H groups in total. The highest BCUT2D eigenvalue weighted by molar-refractivity contribution is 5.94. The summed E-state index contributed by atoms with van der Waals surface area (Å²) in [4.78, 5) is 130. The standard InChI is InChI=1S/C25H27N3O3.C24H25N3O3.C23H23N3O4.2C21H19N3O3/c1-25(2,3)31-23(29)13-14-28-24(30)20-11-6-5-10-19(20)21(26-28)15-17-16-27(4)22-12-8-7-9-18(17)22;1-24(2,3)30-22(28)12-13-27-23(29)19-10-5-4-9-18(19)21(26-27)14-16-15-25-20-11-7-6-8-17(16)20;1-4-30-22(27)14-26-23(28)18-8-6-5-7-17(18)20(24-26)11-15-13-25(2)21-10-9-16(29-3)12-19(15)21;1-13-6-5-9-18-20(13)14(11-23(18)2)10-17-15-7-3-4-8-16(15)21(27)24(22-17)12-19(25)26;1-2-27-20(25)13-24-21(26)17-9-4-3-8-16(17)19(23-24)11-14-12-22-18-10-6-5-7-15(14)18/h5-12,16H,13-15H2,1-4H3;4-11,15,25H,12-14H2,1-3H3;5-10,12-13H,4,11,14H2,1-3H3;3-9,11H,10,12H2,1-2H3,(H,25,26);3-10,12,22H,2,11,13H2,1H3. The molecule has 10 heterocycles. The maximum atomic E-state index is 13.0. The number of hydrogen-bond donors (Lipinski definition) is 3. The number of H-pyrrole nitrogens is 2. The van der Waals surface area contributed by atoms with E-state index in [1.54, 1.807) is 45.2 Å². The molecule has 31 nitrogen and oxygen atoms in total. The average molecular weight is 1950 g/mol. The highest BCUT2D eigenvalue weighted by atomic mass is 16.6. The number of nitrogens with one attached hydrogen (secondary N) is 2. The van der Waals surface area contributed by atoms with Gasteiger partial charge in [0.1, 0.15) is 36.6 Å². The zero-order chi connectivity index (χ0) is 103. The van der Waals surface area contributed by atoms with Crippen LogP contribution in [0, 0.1) is 6.92 Å². The van der Waals surface area contributed by atoms with Gasteiger partial charge < -0.3 is 52.5 Å². The van der Waals surface area contributed by atoms with Crippen molar-refractivity contribution in [1.82, 2.24) is 72.6 Å². The number of hydrogen-bond acceptors (Lipinski definition) is 20. The minimum Gasteiger partial charge on any atom is -0.497 e. The molecule has 0 spiro atoms. The summed E-state index contributed by atoms with van der Waals surface area (Å²) in [6.07, 6.45) is 13.1. The van der Waals surface area contributed by atoms with Crippen LogP contribution in [0.3, 0.4) is 0 Å². The lowest BCUT2D eigenvalue weighted by Gasteiger charge is -2.19. The van der Waals surface area contributed by atoms with Crippen molar-refractivity contribution in [3.63, 3.8) is 0 Å². The van der Waals surface area contributed by atoms with Gasteiger partial charge >= 0.3 is 29.8 Å². The van der Waals surface area contributed by atoms with Crippen LogP contribution in [0.25, 0.3) is 108 Å². The molecule has 145 heavy (non-hydrogen) atoms. The van der Waals surface area contributed by atoms with Gasteiger partial charge in [-0.2, -0.15) is 25.5 Å². The van der Waals surface area contributed by atoms with Crippen LogP contribution in [0.5, 0.6) is 5.75 Å². The van der Waals surface area contributed by atoms with Crippen LogP contribution in [0.15, 0.2) is 285 Å². The topological polar surface area (TPSA) is 373 Å². The van der Waals surface area contributed by atoms with Gasteiger partial charge in [-0.1, -0.05) is 158 Å². The number of para-hydroxylation sites is 3. The SMILES string of the molecule is CC(C)(C)OC(=O)CCn1nc(Cc2c[nH]c3ccccc23)c2ccccc2c1=O.CCOC(=O)Cn1nc(Cc2c[nH]c3ccccc23)c2ccccc2c1=O.CCOC(=O)Cn1nc(Cc2cn(C)c3ccc(OC)cc23)c2ccccc2c1=O.Cc1cccc2c1c(Cc1nn(CC(=O)O)c(=O)c3ccccc13)cn2C.Cn1cc(Cc2nn(CCC(=O)OC(C)(C)C)c(=O)c3ccccc23)c2ccccc21. The van der Waals surface area contributed by atoms with E-state index in [4.69, 9.17) is 28.8 Å². The molecule has 10 aromatic heterocycles. The van der Waals surface area contributed by atoms with E-state index in [0.29, 0.717) is 64.7 Å². The Morgan fingerprint density at radius 1 is 0.338 bits per heavy atom. The minimum atomic E-state index is -1.09. The first-order chi connectivity index (χ1) is 69.7. The van der Waals surface area contributed by atoms with Gasteiger partial charge in [-0.25, -0.2) is 23.4 Å². The second-order valence-electron chi connectivity index (χ2n) is 37.4. The van der Waals surface area contributed by atoms with Crippen LogP contribution >= 0.6 is 0 Å². The fourth-order valence-electron chi connectivity index (χ4n) is 18.4. The molecule has 0 aliphatic rings. The summed E-state index contributed by atoms with van der Waals surface area (Å²) in [5, 5.41) is 44.3. The number of carbonyl (C=O) groups is 5. The Morgan fingerprint density at radius 3 is 1.03 bits per heavy atom. The predicted molar refractivity (Wildman–Crippen MR) is 563 cm³/mol. The van der Waals surface area contributed by atoms with Gasteiger partial charge in [0, 0.05) is 166 Å². The number of methoxy groups -OCH3 is 1. The molecular formula is C114H113N15O16. The van der Waals surface area contributed by atoms with E-state index in [1.165, 1.54) is 35.1 Å². The first-order valence-electron chi connectivity index (χ1n) is 47.9. The number of carboxylic acid groups (broad SMARTS) is 1. The normalized spacial score (nSPS) is 11.5. The first kappa shape index (κ1) is 101. The lowest BCUT2D eigenvalue weighted by Crippen LogP contribution is -2.29. The maximum Gasteiger partial charge on any atom is 0.327 e. The molecule has 31 heteroatoms. The number of nitrogens with zero attached hydrogens (tertiary/aromatic N) is 13. The first-order valence-corrected chi connectivity index (χ1v) is 47.9.